The summed E-state index contributed by atoms with van der Waals surface area (Å²) in [5.41, 5.74) is 0. The van der Waals surface area contributed by atoms with Crippen LogP contribution in [-0.4, -0.2) is 27.3 Å². The van der Waals surface area contributed by atoms with Gasteiger partial charge in [-0.2, -0.15) is 0 Å². The van der Waals surface area contributed by atoms with Crippen molar-refractivity contribution in [2.24, 2.45) is 0 Å². The molecule has 0 saturated heterocycles. The maximum Gasteiger partial charge on any atom is 0.178 e. The fraction of sp³-hybridized carbons (Fsp3) is 0.500. The van der Waals surface area contributed by atoms with Crippen LogP contribution in [0.1, 0.15) is 19.8 Å². The molecule has 1 aromatic carbocycles. The monoisotopic (exact) mass is 275 g/mol. The van der Waals surface area contributed by atoms with E-state index in [4.69, 9.17) is 11.6 Å². The molecule has 0 aromatic heterocycles. The fourth-order valence-electron chi connectivity index (χ4n) is 1.50. The van der Waals surface area contributed by atoms with Crippen molar-refractivity contribution in [3.63, 3.8) is 0 Å². The van der Waals surface area contributed by atoms with Gasteiger partial charge in [0.2, 0.25) is 0 Å². The predicted molar refractivity (Wildman–Crippen MR) is 71.3 cm³/mol. The Bertz CT molecular complexity index is 459. The number of rotatable bonds is 6. The van der Waals surface area contributed by atoms with Gasteiger partial charge in [-0.25, -0.2) is 8.42 Å². The third kappa shape index (κ3) is 4.66. The summed E-state index contributed by atoms with van der Waals surface area (Å²) in [5, 5.41) is 3.54. The van der Waals surface area contributed by atoms with Crippen LogP contribution in [0.2, 0.25) is 5.02 Å². The van der Waals surface area contributed by atoms with Gasteiger partial charge in [0.05, 0.1) is 10.6 Å². The van der Waals surface area contributed by atoms with Crippen LogP contribution in [0.15, 0.2) is 29.2 Å². The predicted octanol–water partition coefficient (Wildman–Crippen LogP) is 2.50. The Morgan fingerprint density at radius 1 is 1.41 bits per heavy atom. The molecule has 0 bridgehead atoms. The van der Waals surface area contributed by atoms with Crippen LogP contribution in [0.4, 0.5) is 0 Å². The Balaban J connectivity index is 2.63. The Labute approximate surface area is 108 Å². The van der Waals surface area contributed by atoms with Crippen molar-refractivity contribution < 1.29 is 8.42 Å². The molecule has 96 valence electrons. The summed E-state index contributed by atoms with van der Waals surface area (Å²) in [7, 11) is -1.33. The third-order valence-corrected chi connectivity index (χ3v) is 4.73. The molecule has 0 aliphatic carbocycles. The summed E-state index contributed by atoms with van der Waals surface area (Å²) in [4.78, 5) is 0.308. The number of benzene rings is 1. The zero-order valence-electron chi connectivity index (χ0n) is 10.1. The van der Waals surface area contributed by atoms with Gasteiger partial charge in [-0.15, -0.1) is 0 Å². The largest absolute Gasteiger partial charge is 0.317 e. The van der Waals surface area contributed by atoms with Gasteiger partial charge in [0, 0.05) is 11.1 Å². The molecule has 1 N–H and O–H groups in total. The first kappa shape index (κ1) is 14.5. The second-order valence-electron chi connectivity index (χ2n) is 4.11. The number of halogens is 1. The number of hydrogen-bond donors (Lipinski definition) is 1. The minimum atomic E-state index is -3.20. The van der Waals surface area contributed by atoms with Gasteiger partial charge in [0.25, 0.3) is 0 Å². The zero-order chi connectivity index (χ0) is 12.9. The number of sulfone groups is 1. The van der Waals surface area contributed by atoms with Crippen LogP contribution in [0.3, 0.4) is 0 Å². The Morgan fingerprint density at radius 2 is 2.12 bits per heavy atom. The number of hydrogen-bond acceptors (Lipinski definition) is 3. The van der Waals surface area contributed by atoms with Gasteiger partial charge in [-0.05, 0) is 45.0 Å². The lowest BCUT2D eigenvalue weighted by Crippen LogP contribution is -2.22. The van der Waals surface area contributed by atoms with Crippen LogP contribution >= 0.6 is 11.6 Å². The van der Waals surface area contributed by atoms with Crippen LogP contribution in [0.5, 0.6) is 0 Å². The first-order chi connectivity index (χ1) is 7.95. The second-order valence-corrected chi connectivity index (χ2v) is 6.65. The fourth-order valence-corrected chi connectivity index (χ4v) is 3.13. The highest BCUT2D eigenvalue weighted by atomic mass is 35.5. The van der Waals surface area contributed by atoms with Crippen LogP contribution < -0.4 is 5.32 Å². The molecule has 1 aromatic rings. The molecular formula is C12H18ClNO2S. The molecule has 1 rings (SSSR count). The highest BCUT2D eigenvalue weighted by Crippen LogP contribution is 2.17. The molecule has 3 nitrogen and oxygen atoms in total. The van der Waals surface area contributed by atoms with E-state index in [1.165, 1.54) is 6.07 Å². The van der Waals surface area contributed by atoms with E-state index in [0.717, 1.165) is 6.42 Å². The highest BCUT2D eigenvalue weighted by Gasteiger charge is 2.14. The van der Waals surface area contributed by atoms with Crippen LogP contribution in [-0.2, 0) is 9.84 Å². The molecule has 0 saturated carbocycles. The van der Waals surface area contributed by atoms with E-state index in [2.05, 4.69) is 5.32 Å². The number of nitrogens with one attached hydrogen (secondary N) is 1. The van der Waals surface area contributed by atoms with E-state index in [-0.39, 0.29) is 5.75 Å². The molecule has 0 aliphatic rings. The van der Waals surface area contributed by atoms with Crippen molar-refractivity contribution in [2.45, 2.75) is 30.7 Å². The Morgan fingerprint density at radius 3 is 2.71 bits per heavy atom. The van der Waals surface area contributed by atoms with Crippen molar-refractivity contribution in [3.8, 4) is 0 Å². The van der Waals surface area contributed by atoms with Gasteiger partial charge in [0.1, 0.15) is 0 Å². The highest BCUT2D eigenvalue weighted by molar-refractivity contribution is 7.91. The molecular weight excluding hydrogens is 258 g/mol. The van der Waals surface area contributed by atoms with Crippen molar-refractivity contribution in [1.29, 1.82) is 0 Å². The Hall–Kier alpha value is -0.580. The van der Waals surface area contributed by atoms with Crippen molar-refractivity contribution in [3.05, 3.63) is 29.3 Å². The first-order valence-corrected chi connectivity index (χ1v) is 7.64. The van der Waals surface area contributed by atoms with E-state index in [0.29, 0.717) is 22.4 Å². The van der Waals surface area contributed by atoms with Crippen LogP contribution in [0.25, 0.3) is 0 Å². The van der Waals surface area contributed by atoms with Crippen molar-refractivity contribution >= 4 is 21.4 Å². The van der Waals surface area contributed by atoms with Crippen molar-refractivity contribution in [2.75, 3.05) is 12.8 Å². The normalized spacial score (nSPS) is 13.6. The van der Waals surface area contributed by atoms with Gasteiger partial charge in [0.15, 0.2) is 9.84 Å². The first-order valence-electron chi connectivity index (χ1n) is 5.61. The topological polar surface area (TPSA) is 46.2 Å². The van der Waals surface area contributed by atoms with Gasteiger partial charge in [-0.1, -0.05) is 17.7 Å². The zero-order valence-corrected chi connectivity index (χ0v) is 11.7. The quantitative estimate of drug-likeness (QED) is 0.868. The standard InChI is InChI=1S/C12H18ClNO2S/c1-10(14-2)5-4-8-17(15,16)12-7-3-6-11(13)9-12/h3,6-7,9-10,14H,4-5,8H2,1-2H3. The molecule has 0 amide bonds. The van der Waals surface area contributed by atoms with Gasteiger partial charge in [-0.3, -0.25) is 0 Å². The maximum absolute atomic E-state index is 12.0. The minimum absolute atomic E-state index is 0.166. The summed E-state index contributed by atoms with van der Waals surface area (Å²) in [6.45, 7) is 2.03. The lowest BCUT2D eigenvalue weighted by Gasteiger charge is -2.09. The molecule has 1 unspecified atom stereocenters. The molecule has 0 fully saturated rings. The second kappa shape index (κ2) is 6.38. The molecule has 0 spiro atoms. The van der Waals surface area contributed by atoms with Gasteiger partial charge < -0.3 is 5.32 Å². The molecule has 0 heterocycles. The molecule has 1 atom stereocenters. The van der Waals surface area contributed by atoms with Crippen LogP contribution in [0, 0.1) is 0 Å². The maximum atomic E-state index is 12.0. The van der Waals surface area contributed by atoms with E-state index in [9.17, 15) is 8.42 Å². The molecule has 0 aliphatic heterocycles. The average molecular weight is 276 g/mol. The average Bonchev–Trinajstić information content (AvgIpc) is 2.28. The molecule has 0 radical (unpaired) electrons. The van der Waals surface area contributed by atoms with E-state index >= 15 is 0 Å². The third-order valence-electron chi connectivity index (χ3n) is 2.70. The van der Waals surface area contributed by atoms with E-state index in [1.807, 2.05) is 14.0 Å². The summed E-state index contributed by atoms with van der Waals surface area (Å²) in [5.74, 6) is 0.166. The molecule has 17 heavy (non-hydrogen) atoms. The van der Waals surface area contributed by atoms with E-state index in [1.54, 1.807) is 18.2 Å². The van der Waals surface area contributed by atoms with Crippen molar-refractivity contribution in [1.82, 2.24) is 5.32 Å². The minimum Gasteiger partial charge on any atom is -0.317 e. The lowest BCUT2D eigenvalue weighted by molar-refractivity contribution is 0.548. The van der Waals surface area contributed by atoms with Gasteiger partial charge >= 0.3 is 0 Å². The lowest BCUT2D eigenvalue weighted by atomic mass is 10.2. The summed E-state index contributed by atoms with van der Waals surface area (Å²) in [6, 6.07) is 6.75. The molecule has 5 heteroatoms. The van der Waals surface area contributed by atoms with E-state index < -0.39 is 9.84 Å². The summed E-state index contributed by atoms with van der Waals surface area (Å²) < 4.78 is 24.0. The smallest absolute Gasteiger partial charge is 0.178 e. The Kier molecular flexibility index (Phi) is 5.43. The SMILES string of the molecule is CNC(C)CCCS(=O)(=O)c1cccc(Cl)c1. The summed E-state index contributed by atoms with van der Waals surface area (Å²) >= 11 is 5.78. The summed E-state index contributed by atoms with van der Waals surface area (Å²) in [6.07, 6.45) is 1.49.